The molecule has 1 atom stereocenters. The normalized spacial score (nSPS) is 19.0. The molecule has 2 aromatic carbocycles. The van der Waals surface area contributed by atoms with E-state index in [0.717, 1.165) is 0 Å². The van der Waals surface area contributed by atoms with Crippen molar-refractivity contribution in [2.45, 2.75) is 115 Å². The molecule has 1 unspecified atom stereocenters. The van der Waals surface area contributed by atoms with Gasteiger partial charge >= 0.3 is 244 Å². The van der Waals surface area contributed by atoms with Crippen molar-refractivity contribution >= 4 is 11.3 Å². The van der Waals surface area contributed by atoms with Gasteiger partial charge in [-0.15, -0.1) is 0 Å². The van der Waals surface area contributed by atoms with Crippen LogP contribution in [-0.2, 0) is 32.1 Å². The Balaban J connectivity index is 0.00000220. The first-order valence-electron chi connectivity index (χ1n) is 15.1. The third-order valence-electron chi connectivity index (χ3n) is 9.29. The maximum atomic E-state index is 2.76. The van der Waals surface area contributed by atoms with Gasteiger partial charge in [-0.1, -0.05) is 0 Å². The quantitative estimate of drug-likeness (QED) is 0.423. The van der Waals surface area contributed by atoms with Crippen LogP contribution in [0.1, 0.15) is 106 Å². The first kappa shape index (κ1) is 34.0. The number of rotatable bonds is 3. The Morgan fingerprint density at radius 3 is 1.60 bits per heavy atom. The molecule has 1 saturated carbocycles. The molecular formula is C36H50Cl2SiZr. The molecule has 0 heterocycles. The van der Waals surface area contributed by atoms with Gasteiger partial charge in [-0.3, -0.25) is 0 Å². The van der Waals surface area contributed by atoms with E-state index in [4.69, 9.17) is 0 Å². The molecule has 3 aliphatic carbocycles. The van der Waals surface area contributed by atoms with E-state index in [2.05, 4.69) is 117 Å². The van der Waals surface area contributed by atoms with Gasteiger partial charge in [0.1, 0.15) is 0 Å². The van der Waals surface area contributed by atoms with Crippen molar-refractivity contribution in [1.29, 1.82) is 0 Å². The minimum atomic E-state index is -2.24. The summed E-state index contributed by atoms with van der Waals surface area (Å²) in [5.41, 5.74) is 9.65. The molecule has 0 aromatic heterocycles. The van der Waals surface area contributed by atoms with Crippen molar-refractivity contribution in [3.8, 4) is 11.1 Å². The van der Waals surface area contributed by atoms with Gasteiger partial charge in [0.15, 0.2) is 0 Å². The van der Waals surface area contributed by atoms with Gasteiger partial charge in [0.25, 0.3) is 0 Å². The summed E-state index contributed by atoms with van der Waals surface area (Å²) in [5, 5.41) is 1.71. The largest absolute Gasteiger partial charge is 1.00 e. The van der Waals surface area contributed by atoms with Crippen LogP contribution in [0.4, 0.5) is 0 Å². The van der Waals surface area contributed by atoms with Crippen molar-refractivity contribution in [2.75, 3.05) is 0 Å². The summed E-state index contributed by atoms with van der Waals surface area (Å²) in [6.07, 6.45) is 12.5. The minimum absolute atomic E-state index is 0. The van der Waals surface area contributed by atoms with Crippen molar-refractivity contribution in [3.63, 3.8) is 0 Å². The fourth-order valence-electron chi connectivity index (χ4n) is 6.81. The van der Waals surface area contributed by atoms with Crippen LogP contribution < -0.4 is 24.8 Å². The molecule has 5 rings (SSSR count). The van der Waals surface area contributed by atoms with E-state index >= 15 is 0 Å². The predicted molar refractivity (Wildman–Crippen MR) is 168 cm³/mol. The third kappa shape index (κ3) is 6.51. The zero-order valence-electron chi connectivity index (χ0n) is 26.6. The van der Waals surface area contributed by atoms with Gasteiger partial charge in [0.05, 0.1) is 0 Å². The minimum Gasteiger partial charge on any atom is -1.00 e. The summed E-state index contributed by atoms with van der Waals surface area (Å²) in [7, 11) is -1.34. The van der Waals surface area contributed by atoms with Crippen molar-refractivity contribution in [2.24, 2.45) is 5.92 Å². The summed E-state index contributed by atoms with van der Waals surface area (Å²) in [6.45, 7) is 24.3. The molecule has 0 amide bonds. The molecule has 0 radical (unpaired) electrons. The Kier molecular flexibility index (Phi) is 10.4. The maximum Gasteiger partial charge on any atom is -1.00 e. The van der Waals surface area contributed by atoms with Crippen molar-refractivity contribution < 1.29 is 46.1 Å². The van der Waals surface area contributed by atoms with Gasteiger partial charge < -0.3 is 24.8 Å². The van der Waals surface area contributed by atoms with Gasteiger partial charge in [0.2, 0.25) is 0 Å². The van der Waals surface area contributed by atoms with Gasteiger partial charge in [-0.25, -0.2) is 0 Å². The molecule has 0 saturated heterocycles. The van der Waals surface area contributed by atoms with E-state index in [1.54, 1.807) is 27.5 Å². The molecule has 0 aliphatic heterocycles. The van der Waals surface area contributed by atoms with Crippen LogP contribution in [0.3, 0.4) is 0 Å². The number of halogens is 2. The molecule has 0 N–H and O–H groups in total. The van der Waals surface area contributed by atoms with E-state index in [1.165, 1.54) is 43.2 Å². The number of allylic oxidation sites excluding steroid dienone is 4. The zero-order chi connectivity index (χ0) is 27.6. The third-order valence-corrected chi connectivity index (χ3v) is 20.4. The molecule has 2 aromatic rings. The van der Waals surface area contributed by atoms with Crippen LogP contribution in [0.2, 0.25) is 19.6 Å². The Labute approximate surface area is 266 Å². The molecular weight excluding hydrogens is 623 g/mol. The number of hydrogen-bond donors (Lipinski definition) is 0. The van der Waals surface area contributed by atoms with E-state index in [0.29, 0.717) is 9.54 Å². The van der Waals surface area contributed by atoms with E-state index in [9.17, 15) is 0 Å². The average molecular weight is 673 g/mol. The molecule has 40 heavy (non-hydrogen) atoms. The fourth-order valence-corrected chi connectivity index (χ4v) is 18.5. The Bertz CT molecular complexity index is 1290. The molecule has 0 bridgehead atoms. The molecule has 0 spiro atoms. The van der Waals surface area contributed by atoms with Crippen LogP contribution in [0.15, 0.2) is 57.0 Å². The van der Waals surface area contributed by atoms with Gasteiger partial charge in [-0.2, -0.15) is 0 Å². The Morgan fingerprint density at radius 2 is 1.20 bits per heavy atom. The smallest absolute Gasteiger partial charge is 1.00 e. The number of fused-ring (bicyclic) bond motifs is 3. The van der Waals surface area contributed by atoms with Crippen LogP contribution in [0.5, 0.6) is 0 Å². The summed E-state index contributed by atoms with van der Waals surface area (Å²) < 4.78 is 4.54. The van der Waals surface area contributed by atoms with Crippen LogP contribution >= 0.6 is 0 Å². The second-order valence-corrected chi connectivity index (χ2v) is 27.1. The van der Waals surface area contributed by atoms with Crippen LogP contribution in [0, 0.1) is 5.92 Å². The Morgan fingerprint density at radius 1 is 0.725 bits per heavy atom. The number of benzene rings is 2. The average Bonchev–Trinajstić information content (AvgIpc) is 3.37. The second kappa shape index (κ2) is 12.2. The van der Waals surface area contributed by atoms with E-state index in [1.807, 2.05) is 6.49 Å². The monoisotopic (exact) mass is 670 g/mol. The first-order chi connectivity index (χ1) is 17.7. The standard InChI is InChI=1S/C21H25.C9H15Si.C6H10.2ClH.Zr/c1-20(2,3)16-9-7-14-11-15-8-10-17(21(4,5)6)13-19(15)18(14)12-16;1-8-5-6-9(7-8)10(2,3)4;1-2-4-6-5-3-1;;;/h7-13H,1-6H3;6-8H,1-4H3;1-5H2;2*1H;/q;;;;;+2/p-2. The second-order valence-electron chi connectivity index (χ2n) is 15.4. The van der Waals surface area contributed by atoms with E-state index < -0.39 is 29.3 Å². The molecule has 4 heteroatoms. The van der Waals surface area contributed by atoms with Crippen molar-refractivity contribution in [1.82, 2.24) is 0 Å². The fraction of sp³-hybridized carbons (Fsp3) is 0.528. The molecule has 1 fully saturated rings. The summed E-state index contributed by atoms with van der Waals surface area (Å²) in [5.74, 6) is 0.621. The zero-order valence-corrected chi connectivity index (χ0v) is 31.5. The van der Waals surface area contributed by atoms with E-state index in [-0.39, 0.29) is 35.6 Å². The SMILES string of the molecule is CC1C=C([Si](C)(C)C)C=[C]1[Zr+2](=[C]1CCCCC1)[CH]1c2ccc(C(C)(C)C)cc2-c2cc(C(C)(C)C)ccc21.[Cl-].[Cl-]. The summed E-state index contributed by atoms with van der Waals surface area (Å²) in [6, 6.07) is 15.2. The van der Waals surface area contributed by atoms with Gasteiger partial charge in [0, 0.05) is 0 Å². The molecule has 3 aliphatic rings. The number of hydrogen-bond acceptors (Lipinski definition) is 0. The molecule has 0 nitrogen and oxygen atoms in total. The predicted octanol–water partition coefficient (Wildman–Crippen LogP) is 4.45. The Hall–Kier alpha value is -0.530. The topological polar surface area (TPSA) is 0 Å². The van der Waals surface area contributed by atoms with Crippen LogP contribution in [-0.4, -0.2) is 11.3 Å². The van der Waals surface area contributed by atoms with Crippen LogP contribution in [0.25, 0.3) is 11.1 Å². The maximum absolute atomic E-state index is 2.76. The summed E-state index contributed by atoms with van der Waals surface area (Å²) in [4.78, 5) is 0. The van der Waals surface area contributed by atoms with Crippen molar-refractivity contribution in [3.05, 3.63) is 79.3 Å². The first-order valence-corrected chi connectivity index (χ1v) is 22.5. The molecule has 216 valence electrons. The van der Waals surface area contributed by atoms with Gasteiger partial charge in [-0.05, 0) is 0 Å². The summed E-state index contributed by atoms with van der Waals surface area (Å²) >= 11 is -2.24.